The van der Waals surface area contributed by atoms with Crippen molar-refractivity contribution in [1.29, 1.82) is 0 Å². The molecule has 11 N–H and O–H groups in total. The average Bonchev–Trinajstić information content (AvgIpc) is 2.99. The fourth-order valence-electron chi connectivity index (χ4n) is 5.24. The minimum atomic E-state index is -1.94. The van der Waals surface area contributed by atoms with E-state index in [2.05, 4.69) is 0 Å². The number of rotatable bonds is 7. The highest BCUT2D eigenvalue weighted by Gasteiger charge is 2.52. The molecule has 242 valence electrons. The molecule has 0 bridgehead atoms. The largest absolute Gasteiger partial charge is 0.507 e. The molecule has 0 amide bonds. The van der Waals surface area contributed by atoms with E-state index in [-0.39, 0.29) is 12.0 Å². The molecule has 5 rings (SSSR count). The molecule has 2 saturated heterocycles. The van der Waals surface area contributed by atoms with Gasteiger partial charge in [-0.25, -0.2) is 0 Å². The van der Waals surface area contributed by atoms with E-state index in [0.717, 1.165) is 18.2 Å². The summed E-state index contributed by atoms with van der Waals surface area (Å²) in [4.78, 5) is 13.1. The van der Waals surface area contributed by atoms with Gasteiger partial charge in [0.1, 0.15) is 60.1 Å². The Hall–Kier alpha value is -3.49. The fourth-order valence-corrected chi connectivity index (χ4v) is 5.24. The molecule has 2 aromatic carbocycles. The molecule has 17 heteroatoms. The first-order valence-corrected chi connectivity index (χ1v) is 13.4. The summed E-state index contributed by atoms with van der Waals surface area (Å²) in [6.07, 6.45) is -19.2. The molecule has 3 aliphatic rings. The normalized spacial score (nSPS) is 35.5. The minimum Gasteiger partial charge on any atom is -0.507 e. The van der Waals surface area contributed by atoms with Gasteiger partial charge in [-0.2, -0.15) is 0 Å². The second-order valence-corrected chi connectivity index (χ2v) is 10.6. The monoisotopic (exact) mass is 628 g/mol. The Bertz CT molecular complexity index is 1370. The molecule has 0 saturated carbocycles. The molecule has 0 unspecified atom stereocenters. The van der Waals surface area contributed by atoms with Crippen molar-refractivity contribution in [3.8, 4) is 34.5 Å². The third kappa shape index (κ3) is 5.70. The number of aromatic hydroxyl groups is 4. The Morgan fingerprint density at radius 1 is 0.727 bits per heavy atom. The van der Waals surface area contributed by atoms with Gasteiger partial charge in [-0.05, 0) is 17.7 Å². The van der Waals surface area contributed by atoms with Crippen LogP contribution in [0.1, 0.15) is 28.4 Å². The number of hydrogen-bond acceptors (Lipinski definition) is 17. The van der Waals surface area contributed by atoms with Crippen LogP contribution in [0.4, 0.5) is 0 Å². The number of aliphatic hydroxyl groups is 7. The van der Waals surface area contributed by atoms with Gasteiger partial charge in [-0.15, -0.1) is 0 Å². The average molecular weight is 629 g/mol. The fraction of sp³-hybridized carbons (Fsp3) is 0.519. The number of phenolic OH excluding ortho intramolecular Hbond substituents is 4. The summed E-state index contributed by atoms with van der Waals surface area (Å²) in [7, 11) is 0. The first-order chi connectivity index (χ1) is 20.9. The van der Waals surface area contributed by atoms with Crippen LogP contribution in [0.3, 0.4) is 0 Å². The van der Waals surface area contributed by atoms with Crippen molar-refractivity contribution >= 4 is 5.78 Å². The van der Waals surface area contributed by atoms with E-state index in [9.17, 15) is 61.0 Å². The van der Waals surface area contributed by atoms with Crippen LogP contribution in [-0.2, 0) is 14.2 Å². The Kier molecular flexibility index (Phi) is 9.06. The third-order valence-electron chi connectivity index (χ3n) is 7.67. The van der Waals surface area contributed by atoms with Gasteiger partial charge in [0.25, 0.3) is 0 Å². The lowest BCUT2D eigenvalue weighted by Crippen LogP contribution is -2.65. The topological polar surface area (TPSA) is 286 Å². The van der Waals surface area contributed by atoms with Crippen molar-refractivity contribution in [2.75, 3.05) is 13.2 Å². The van der Waals surface area contributed by atoms with E-state index in [0.29, 0.717) is 0 Å². The van der Waals surface area contributed by atoms with Crippen LogP contribution in [0.15, 0.2) is 24.3 Å². The molecular weight excluding hydrogens is 596 g/mol. The zero-order valence-electron chi connectivity index (χ0n) is 22.7. The van der Waals surface area contributed by atoms with E-state index in [1.165, 1.54) is 6.07 Å². The number of ketones is 1. The molecular formula is C27H32O17. The molecule has 0 radical (unpaired) electrons. The highest BCUT2D eigenvalue weighted by molar-refractivity contribution is 6.03. The third-order valence-corrected chi connectivity index (χ3v) is 7.67. The summed E-state index contributed by atoms with van der Waals surface area (Å²) in [5.41, 5.74) is -0.178. The molecule has 2 aromatic rings. The minimum absolute atomic E-state index is 0.227. The maximum Gasteiger partial charge on any atom is 0.230 e. The highest BCUT2D eigenvalue weighted by atomic mass is 16.8. The van der Waals surface area contributed by atoms with Crippen LogP contribution in [0.5, 0.6) is 34.5 Å². The summed E-state index contributed by atoms with van der Waals surface area (Å²) in [5.74, 6) is -4.20. The molecule has 0 spiro atoms. The zero-order valence-corrected chi connectivity index (χ0v) is 22.7. The van der Waals surface area contributed by atoms with Gasteiger partial charge < -0.3 is 79.9 Å². The van der Waals surface area contributed by atoms with Gasteiger partial charge in [-0.1, -0.05) is 6.07 Å². The molecule has 0 aromatic heterocycles. The number of hydrogen-bond donors (Lipinski definition) is 11. The van der Waals surface area contributed by atoms with E-state index in [1.54, 1.807) is 0 Å². The van der Waals surface area contributed by atoms with Gasteiger partial charge in [0.05, 0.1) is 19.6 Å². The van der Waals surface area contributed by atoms with E-state index in [4.69, 9.17) is 23.7 Å². The van der Waals surface area contributed by atoms with Gasteiger partial charge in [0.2, 0.25) is 12.0 Å². The molecule has 0 aliphatic carbocycles. The van der Waals surface area contributed by atoms with Gasteiger partial charge in [-0.3, -0.25) is 4.79 Å². The number of benzene rings is 2. The van der Waals surface area contributed by atoms with E-state index >= 15 is 0 Å². The Labute approximate surface area is 247 Å². The second kappa shape index (κ2) is 12.5. The number of fused-ring (bicyclic) bond motifs is 1. The Morgan fingerprint density at radius 2 is 1.36 bits per heavy atom. The smallest absolute Gasteiger partial charge is 0.230 e. The van der Waals surface area contributed by atoms with Crippen molar-refractivity contribution in [3.05, 3.63) is 35.4 Å². The number of aliphatic hydroxyl groups excluding tert-OH is 7. The lowest BCUT2D eigenvalue weighted by Gasteiger charge is -2.46. The van der Waals surface area contributed by atoms with Crippen LogP contribution in [0, 0.1) is 0 Å². The summed E-state index contributed by atoms with van der Waals surface area (Å²) in [6.45, 7) is -1.64. The Balaban J connectivity index is 1.50. The van der Waals surface area contributed by atoms with Crippen molar-refractivity contribution in [3.63, 3.8) is 0 Å². The van der Waals surface area contributed by atoms with Crippen LogP contribution >= 0.6 is 0 Å². The Morgan fingerprint density at radius 3 is 2.00 bits per heavy atom. The highest BCUT2D eigenvalue weighted by Crippen LogP contribution is 2.51. The number of Topliss-reactive ketones (excluding diaryl/α,β-unsaturated/α-hetero) is 1. The number of phenols is 4. The van der Waals surface area contributed by atoms with E-state index < -0.39 is 127 Å². The quantitative estimate of drug-likeness (QED) is 0.138. The first kappa shape index (κ1) is 31.9. The predicted octanol–water partition coefficient (Wildman–Crippen LogP) is -2.78. The van der Waals surface area contributed by atoms with Crippen LogP contribution in [-0.4, -0.2) is 137 Å². The molecule has 2 fully saturated rings. The number of ether oxygens (including phenoxy) is 5. The predicted molar refractivity (Wildman–Crippen MR) is 139 cm³/mol. The summed E-state index contributed by atoms with van der Waals surface area (Å²) in [6, 6.07) is 4.43. The number of carbonyl (C=O) groups excluding carboxylic acids is 1. The SMILES string of the molecule is O=C1C[C@@H](c2ccc(O)c(O)c2)Oc2c(O[C@@H]3O[C@H](CO)[C@@H](O)[C@H](O)[C@H]3O[C@@H]3O[C@H](CO)[C@@H](O)[C@H](O)[C@H]3O)c(O)cc(O)c21. The van der Waals surface area contributed by atoms with E-state index in [1.807, 2.05) is 0 Å². The van der Waals surface area contributed by atoms with Crippen LogP contribution < -0.4 is 9.47 Å². The lowest BCUT2D eigenvalue weighted by molar-refractivity contribution is -0.358. The maximum absolute atomic E-state index is 13.1. The summed E-state index contributed by atoms with van der Waals surface area (Å²) < 4.78 is 28.2. The lowest BCUT2D eigenvalue weighted by atomic mass is 9.94. The van der Waals surface area contributed by atoms with Crippen LogP contribution in [0.2, 0.25) is 0 Å². The molecule has 3 heterocycles. The maximum atomic E-state index is 13.1. The van der Waals surface area contributed by atoms with Crippen molar-refractivity contribution in [2.24, 2.45) is 0 Å². The first-order valence-electron chi connectivity index (χ1n) is 13.4. The van der Waals surface area contributed by atoms with Gasteiger partial charge >= 0.3 is 0 Å². The summed E-state index contributed by atoms with van der Waals surface area (Å²) >= 11 is 0. The molecule has 11 atom stereocenters. The van der Waals surface area contributed by atoms with Crippen molar-refractivity contribution in [2.45, 2.75) is 73.9 Å². The molecule has 17 nitrogen and oxygen atoms in total. The molecule has 3 aliphatic heterocycles. The summed E-state index contributed by atoms with van der Waals surface area (Å²) in [5, 5.41) is 112. The van der Waals surface area contributed by atoms with Crippen molar-refractivity contribution in [1.82, 2.24) is 0 Å². The van der Waals surface area contributed by atoms with Crippen LogP contribution in [0.25, 0.3) is 0 Å². The number of carbonyl (C=O) groups is 1. The second-order valence-electron chi connectivity index (χ2n) is 10.6. The molecule has 44 heavy (non-hydrogen) atoms. The zero-order chi connectivity index (χ0) is 32.0. The van der Waals surface area contributed by atoms with Gasteiger partial charge in [0.15, 0.2) is 41.2 Å². The standard InChI is InChI=1S/C27H32O17/c28-6-15-18(35)20(37)22(39)26(41-15)44-25-21(38)19(36)16(7-29)42-27(25)43-23-13(34)4-11(32)17-12(33)5-14(40-24(17)23)8-1-2-9(30)10(31)3-8/h1-4,14-16,18-22,25-32,34-39H,5-7H2/t14-,15+,16+,18+,19+,20-,21-,22+,25+,26-,27-/m0/s1. The van der Waals surface area contributed by atoms with Crippen molar-refractivity contribution < 1.29 is 84.7 Å². The van der Waals surface area contributed by atoms with Gasteiger partial charge in [0, 0.05) is 6.07 Å².